The van der Waals surface area contributed by atoms with Crippen LogP contribution in [0.5, 0.6) is 0 Å². The smallest absolute Gasteiger partial charge is 0.315 e. The number of hydrogen-bond donors (Lipinski definition) is 3. The minimum Gasteiger partial charge on any atom is -0.481 e. The van der Waals surface area contributed by atoms with E-state index in [2.05, 4.69) is 23.6 Å². The number of aryl methyl sites for hydroxylation is 1. The van der Waals surface area contributed by atoms with Crippen LogP contribution in [-0.2, 0) is 17.8 Å². The molecule has 2 unspecified atom stereocenters. The first-order valence-electron chi connectivity index (χ1n) is 6.28. The summed E-state index contributed by atoms with van der Waals surface area (Å²) in [6.45, 7) is 5.80. The SMILES string of the molecule is CCc1ccsc1CNC(=O)NC(C)C(C)C(=O)O. The third-order valence-electron chi connectivity index (χ3n) is 3.13. The van der Waals surface area contributed by atoms with Gasteiger partial charge in [-0.15, -0.1) is 11.3 Å². The van der Waals surface area contributed by atoms with E-state index in [0.717, 1.165) is 11.3 Å². The largest absolute Gasteiger partial charge is 0.481 e. The van der Waals surface area contributed by atoms with Gasteiger partial charge in [0.1, 0.15) is 0 Å². The van der Waals surface area contributed by atoms with Crippen LogP contribution in [0.25, 0.3) is 0 Å². The lowest BCUT2D eigenvalue weighted by Crippen LogP contribution is -2.44. The zero-order valence-corrected chi connectivity index (χ0v) is 12.2. The fourth-order valence-corrected chi connectivity index (χ4v) is 2.51. The zero-order valence-electron chi connectivity index (χ0n) is 11.4. The molecular formula is C13H20N2O3S. The fraction of sp³-hybridized carbons (Fsp3) is 0.538. The van der Waals surface area contributed by atoms with E-state index in [0.29, 0.717) is 6.54 Å². The second kappa shape index (κ2) is 7.13. The van der Waals surface area contributed by atoms with E-state index in [1.165, 1.54) is 5.56 Å². The first-order chi connectivity index (χ1) is 8.95. The van der Waals surface area contributed by atoms with Crippen molar-refractivity contribution in [2.24, 2.45) is 5.92 Å². The van der Waals surface area contributed by atoms with Gasteiger partial charge in [-0.2, -0.15) is 0 Å². The lowest BCUT2D eigenvalue weighted by Gasteiger charge is -2.18. The molecule has 0 radical (unpaired) electrons. The summed E-state index contributed by atoms with van der Waals surface area (Å²) in [5.41, 5.74) is 1.23. The Hall–Kier alpha value is -1.56. The third-order valence-corrected chi connectivity index (χ3v) is 4.09. The van der Waals surface area contributed by atoms with Gasteiger partial charge in [0, 0.05) is 10.9 Å². The maximum Gasteiger partial charge on any atom is 0.315 e. The van der Waals surface area contributed by atoms with Crippen LogP contribution in [0, 0.1) is 5.92 Å². The number of carboxylic acid groups (broad SMARTS) is 1. The Morgan fingerprint density at radius 1 is 1.42 bits per heavy atom. The van der Waals surface area contributed by atoms with Gasteiger partial charge in [0.05, 0.1) is 12.5 Å². The van der Waals surface area contributed by atoms with E-state index in [9.17, 15) is 9.59 Å². The fourth-order valence-electron chi connectivity index (χ4n) is 1.59. The molecule has 1 heterocycles. The lowest BCUT2D eigenvalue weighted by atomic mass is 10.0. The summed E-state index contributed by atoms with van der Waals surface area (Å²) in [5.74, 6) is -1.53. The van der Waals surface area contributed by atoms with Crippen LogP contribution in [0.3, 0.4) is 0 Å². The van der Waals surface area contributed by atoms with E-state index in [1.807, 2.05) is 5.38 Å². The monoisotopic (exact) mass is 284 g/mol. The number of amides is 2. The molecule has 1 aromatic rings. The molecule has 0 aliphatic heterocycles. The van der Waals surface area contributed by atoms with E-state index in [4.69, 9.17) is 5.11 Å². The summed E-state index contributed by atoms with van der Waals surface area (Å²) in [4.78, 5) is 23.6. The summed E-state index contributed by atoms with van der Waals surface area (Å²) in [5, 5.41) is 16.2. The highest BCUT2D eigenvalue weighted by Gasteiger charge is 2.20. The number of carboxylic acids is 1. The summed E-state index contributed by atoms with van der Waals surface area (Å²) in [6.07, 6.45) is 0.939. The van der Waals surface area contributed by atoms with Crippen molar-refractivity contribution in [3.05, 3.63) is 21.9 Å². The molecule has 0 spiro atoms. The summed E-state index contributed by atoms with van der Waals surface area (Å²) in [7, 11) is 0. The minimum absolute atomic E-state index is 0.337. The Morgan fingerprint density at radius 2 is 2.11 bits per heavy atom. The lowest BCUT2D eigenvalue weighted by molar-refractivity contribution is -0.141. The number of carbonyl (C=O) groups is 2. The highest BCUT2D eigenvalue weighted by Crippen LogP contribution is 2.16. The number of aliphatic carboxylic acids is 1. The molecule has 1 rings (SSSR count). The van der Waals surface area contributed by atoms with Crippen LogP contribution in [0.1, 0.15) is 31.2 Å². The predicted octanol–water partition coefficient (Wildman–Crippen LogP) is 2.22. The molecule has 106 valence electrons. The van der Waals surface area contributed by atoms with E-state index in [-0.39, 0.29) is 6.03 Å². The van der Waals surface area contributed by atoms with Gasteiger partial charge >= 0.3 is 12.0 Å². The van der Waals surface area contributed by atoms with Crippen molar-refractivity contribution in [1.82, 2.24) is 10.6 Å². The van der Waals surface area contributed by atoms with Crippen molar-refractivity contribution >= 4 is 23.3 Å². The summed E-state index contributed by atoms with van der Waals surface area (Å²) >= 11 is 1.61. The van der Waals surface area contributed by atoms with Crippen LogP contribution >= 0.6 is 11.3 Å². The maximum atomic E-state index is 11.7. The highest BCUT2D eigenvalue weighted by atomic mass is 32.1. The molecule has 6 heteroatoms. The average Bonchev–Trinajstić information content (AvgIpc) is 2.82. The molecule has 19 heavy (non-hydrogen) atoms. The van der Waals surface area contributed by atoms with Crippen molar-refractivity contribution in [2.45, 2.75) is 39.8 Å². The molecule has 0 fully saturated rings. The molecule has 0 aliphatic carbocycles. The number of urea groups is 1. The second-order valence-electron chi connectivity index (χ2n) is 4.47. The number of rotatable bonds is 6. The van der Waals surface area contributed by atoms with Crippen molar-refractivity contribution < 1.29 is 14.7 Å². The van der Waals surface area contributed by atoms with Gasteiger partial charge in [-0.3, -0.25) is 4.79 Å². The molecule has 0 aromatic carbocycles. The van der Waals surface area contributed by atoms with E-state index >= 15 is 0 Å². The Morgan fingerprint density at radius 3 is 2.68 bits per heavy atom. The Bertz CT molecular complexity index is 445. The highest BCUT2D eigenvalue weighted by molar-refractivity contribution is 7.10. The van der Waals surface area contributed by atoms with Crippen LogP contribution < -0.4 is 10.6 Å². The van der Waals surface area contributed by atoms with Crippen molar-refractivity contribution in [1.29, 1.82) is 0 Å². The topological polar surface area (TPSA) is 78.4 Å². The molecule has 3 N–H and O–H groups in total. The first kappa shape index (κ1) is 15.5. The van der Waals surface area contributed by atoms with Gasteiger partial charge in [-0.1, -0.05) is 6.92 Å². The van der Waals surface area contributed by atoms with Gasteiger partial charge in [0.25, 0.3) is 0 Å². The van der Waals surface area contributed by atoms with Crippen molar-refractivity contribution in [3.8, 4) is 0 Å². The molecule has 0 bridgehead atoms. The quantitative estimate of drug-likeness (QED) is 0.749. The molecule has 2 amide bonds. The number of hydrogen-bond acceptors (Lipinski definition) is 3. The minimum atomic E-state index is -0.917. The summed E-state index contributed by atoms with van der Waals surface area (Å²) < 4.78 is 0. The van der Waals surface area contributed by atoms with Crippen molar-refractivity contribution in [3.63, 3.8) is 0 Å². The molecule has 0 aliphatic rings. The van der Waals surface area contributed by atoms with Crippen molar-refractivity contribution in [2.75, 3.05) is 0 Å². The number of thiophene rings is 1. The summed E-state index contributed by atoms with van der Waals surface area (Å²) in [6, 6.07) is 1.30. The average molecular weight is 284 g/mol. The van der Waals surface area contributed by atoms with E-state index < -0.39 is 17.9 Å². The van der Waals surface area contributed by atoms with Gasteiger partial charge in [-0.25, -0.2) is 4.79 Å². The molecule has 1 aromatic heterocycles. The normalized spacial score (nSPS) is 13.6. The standard InChI is InChI=1S/C13H20N2O3S/c1-4-10-5-6-19-11(10)7-14-13(18)15-9(3)8(2)12(16)17/h5-6,8-9H,4,7H2,1-3H3,(H,16,17)(H2,14,15,18). The number of carbonyl (C=O) groups excluding carboxylic acids is 1. The molecule has 2 atom stereocenters. The zero-order chi connectivity index (χ0) is 14.4. The Kier molecular flexibility index (Phi) is 5.82. The predicted molar refractivity (Wildman–Crippen MR) is 75.3 cm³/mol. The Balaban J connectivity index is 2.42. The van der Waals surface area contributed by atoms with Gasteiger partial charge in [-0.05, 0) is 37.3 Å². The first-order valence-corrected chi connectivity index (χ1v) is 7.16. The molecular weight excluding hydrogens is 264 g/mol. The second-order valence-corrected chi connectivity index (χ2v) is 5.47. The third kappa shape index (κ3) is 4.55. The maximum absolute atomic E-state index is 11.7. The van der Waals surface area contributed by atoms with Gasteiger partial charge < -0.3 is 15.7 Å². The molecule has 0 saturated carbocycles. The molecule has 0 saturated heterocycles. The van der Waals surface area contributed by atoms with Gasteiger partial charge in [0.2, 0.25) is 0 Å². The van der Waals surface area contributed by atoms with Crippen LogP contribution in [0.15, 0.2) is 11.4 Å². The molecule has 5 nitrogen and oxygen atoms in total. The van der Waals surface area contributed by atoms with E-state index in [1.54, 1.807) is 25.2 Å². The number of nitrogens with one attached hydrogen (secondary N) is 2. The van der Waals surface area contributed by atoms with Crippen LogP contribution in [-0.4, -0.2) is 23.1 Å². The Labute approximate surface area is 117 Å². The van der Waals surface area contributed by atoms with Gasteiger partial charge in [0.15, 0.2) is 0 Å². The van der Waals surface area contributed by atoms with Crippen LogP contribution in [0.2, 0.25) is 0 Å². The van der Waals surface area contributed by atoms with Crippen LogP contribution in [0.4, 0.5) is 4.79 Å².